The van der Waals surface area contributed by atoms with Crippen molar-refractivity contribution in [2.75, 3.05) is 0 Å². The lowest BCUT2D eigenvalue weighted by Crippen LogP contribution is -2.38. The monoisotopic (exact) mass is 340 g/mol. The number of nitrogens with one attached hydrogen (secondary N) is 1. The van der Waals surface area contributed by atoms with Gasteiger partial charge in [-0.1, -0.05) is 40.2 Å². The minimum Gasteiger partial charge on any atom is -0.271 e. The second-order valence-electron chi connectivity index (χ2n) is 4.60. The molecule has 3 N–H and O–H groups in total. The Bertz CT molecular complexity index is 590. The van der Waals surface area contributed by atoms with E-state index >= 15 is 0 Å². The highest BCUT2D eigenvalue weighted by Gasteiger charge is 2.14. The smallest absolute Gasteiger partial charge is 0.127 e. The Hall–Kier alpha value is -1.30. The molecule has 0 heterocycles. The second kappa shape index (κ2) is 6.92. The molecule has 0 aromatic heterocycles. The predicted octanol–water partition coefficient (Wildman–Crippen LogP) is 3.34. The van der Waals surface area contributed by atoms with Crippen LogP contribution in [0.2, 0.25) is 0 Å². The van der Waals surface area contributed by atoms with Crippen molar-refractivity contribution < 1.29 is 8.78 Å². The molecule has 20 heavy (non-hydrogen) atoms. The summed E-state index contributed by atoms with van der Waals surface area (Å²) < 4.78 is 28.1. The zero-order valence-electron chi connectivity index (χ0n) is 10.7. The number of hydrazine groups is 1. The van der Waals surface area contributed by atoms with E-state index in [-0.39, 0.29) is 17.7 Å². The molecule has 2 nitrogen and oxygen atoms in total. The van der Waals surface area contributed by atoms with E-state index in [1.807, 2.05) is 0 Å². The summed E-state index contributed by atoms with van der Waals surface area (Å²) in [5, 5.41) is 0. The highest BCUT2D eigenvalue weighted by atomic mass is 79.9. The van der Waals surface area contributed by atoms with Gasteiger partial charge in [0.25, 0.3) is 0 Å². The summed E-state index contributed by atoms with van der Waals surface area (Å²) in [4.78, 5) is 0. The zero-order valence-corrected chi connectivity index (χ0v) is 12.3. The minimum absolute atomic E-state index is 0.234. The van der Waals surface area contributed by atoms with Gasteiger partial charge in [0, 0.05) is 10.5 Å². The summed E-state index contributed by atoms with van der Waals surface area (Å²) in [7, 11) is 0. The standard InChI is InChI=1S/C15H15BrF2N2/c16-12-6-5-11(15(18)9-12)8-13(20-19)7-10-3-1-2-4-14(10)17/h1-6,9,13,20H,7-8,19H2. The van der Waals surface area contributed by atoms with E-state index in [9.17, 15) is 8.78 Å². The van der Waals surface area contributed by atoms with E-state index < -0.39 is 0 Å². The first-order valence-corrected chi connectivity index (χ1v) is 7.03. The fraction of sp³-hybridized carbons (Fsp3) is 0.200. The fourth-order valence-corrected chi connectivity index (χ4v) is 2.41. The van der Waals surface area contributed by atoms with E-state index in [1.54, 1.807) is 30.3 Å². The van der Waals surface area contributed by atoms with Crippen LogP contribution in [-0.4, -0.2) is 6.04 Å². The van der Waals surface area contributed by atoms with E-state index in [4.69, 9.17) is 5.84 Å². The molecule has 0 fully saturated rings. The molecule has 106 valence electrons. The van der Waals surface area contributed by atoms with Crippen LogP contribution in [0.25, 0.3) is 0 Å². The van der Waals surface area contributed by atoms with Crippen LogP contribution in [0.3, 0.4) is 0 Å². The van der Waals surface area contributed by atoms with Gasteiger partial charge in [0.05, 0.1) is 0 Å². The van der Waals surface area contributed by atoms with Crippen molar-refractivity contribution in [3.63, 3.8) is 0 Å². The Kier molecular flexibility index (Phi) is 5.23. The molecule has 0 aliphatic rings. The Morgan fingerprint density at radius 1 is 1.00 bits per heavy atom. The summed E-state index contributed by atoms with van der Waals surface area (Å²) in [6, 6.07) is 11.2. The number of hydrogen-bond donors (Lipinski definition) is 2. The van der Waals surface area contributed by atoms with E-state index in [0.717, 1.165) is 0 Å². The minimum atomic E-state index is -0.298. The molecule has 2 rings (SSSR count). The lowest BCUT2D eigenvalue weighted by atomic mass is 9.99. The van der Waals surface area contributed by atoms with Gasteiger partial charge in [0.1, 0.15) is 11.6 Å². The maximum absolute atomic E-state index is 13.8. The Morgan fingerprint density at radius 2 is 1.65 bits per heavy atom. The Labute approximate surface area is 125 Å². The number of hydrogen-bond acceptors (Lipinski definition) is 2. The number of rotatable bonds is 5. The third-order valence-electron chi connectivity index (χ3n) is 3.14. The topological polar surface area (TPSA) is 38.0 Å². The van der Waals surface area contributed by atoms with Crippen molar-refractivity contribution in [2.45, 2.75) is 18.9 Å². The highest BCUT2D eigenvalue weighted by Crippen LogP contribution is 2.18. The average Bonchev–Trinajstić information content (AvgIpc) is 2.43. The number of halogens is 3. The number of nitrogens with two attached hydrogens (primary N) is 1. The van der Waals surface area contributed by atoms with Crippen LogP contribution in [0, 0.1) is 11.6 Å². The molecule has 0 bridgehead atoms. The van der Waals surface area contributed by atoms with Crippen molar-refractivity contribution in [3.8, 4) is 0 Å². The summed E-state index contributed by atoms with van der Waals surface area (Å²) in [5.41, 5.74) is 3.73. The molecular formula is C15H15BrF2N2. The summed E-state index contributed by atoms with van der Waals surface area (Å²) in [6.07, 6.45) is 0.794. The summed E-state index contributed by atoms with van der Waals surface area (Å²) in [6.45, 7) is 0. The quantitative estimate of drug-likeness (QED) is 0.647. The van der Waals surface area contributed by atoms with Gasteiger partial charge < -0.3 is 0 Å². The van der Waals surface area contributed by atoms with Crippen molar-refractivity contribution >= 4 is 15.9 Å². The molecule has 0 aliphatic carbocycles. The zero-order chi connectivity index (χ0) is 14.5. The molecule has 0 saturated heterocycles. The normalized spacial score (nSPS) is 12.4. The molecule has 0 saturated carbocycles. The van der Waals surface area contributed by atoms with Gasteiger partial charge >= 0.3 is 0 Å². The fourth-order valence-electron chi connectivity index (χ4n) is 2.07. The maximum atomic E-state index is 13.8. The largest absolute Gasteiger partial charge is 0.271 e. The van der Waals surface area contributed by atoms with E-state index in [1.165, 1.54) is 12.1 Å². The van der Waals surface area contributed by atoms with Gasteiger partial charge in [-0.2, -0.15) is 0 Å². The second-order valence-corrected chi connectivity index (χ2v) is 5.51. The molecule has 2 aromatic rings. The van der Waals surface area contributed by atoms with Crippen molar-refractivity contribution in [1.82, 2.24) is 5.43 Å². The van der Waals surface area contributed by atoms with Gasteiger partial charge in [-0.05, 0) is 42.2 Å². The first kappa shape index (κ1) is 15.1. The third kappa shape index (κ3) is 3.85. The van der Waals surface area contributed by atoms with Gasteiger partial charge in [0.2, 0.25) is 0 Å². The first-order chi connectivity index (χ1) is 9.60. The number of benzene rings is 2. The lowest BCUT2D eigenvalue weighted by molar-refractivity contribution is 0.494. The van der Waals surface area contributed by atoms with Gasteiger partial charge in [0.15, 0.2) is 0 Å². The molecule has 0 amide bonds. The van der Waals surface area contributed by atoms with Gasteiger partial charge in [-0.15, -0.1) is 0 Å². The van der Waals surface area contributed by atoms with Crippen LogP contribution in [0.4, 0.5) is 8.78 Å². The summed E-state index contributed by atoms with van der Waals surface area (Å²) >= 11 is 3.21. The average molecular weight is 341 g/mol. The van der Waals surface area contributed by atoms with Gasteiger partial charge in [-0.25, -0.2) is 8.78 Å². The van der Waals surface area contributed by atoms with Crippen LogP contribution >= 0.6 is 15.9 Å². The Morgan fingerprint density at radius 3 is 2.25 bits per heavy atom. The van der Waals surface area contributed by atoms with Gasteiger partial charge in [-0.3, -0.25) is 11.3 Å². The third-order valence-corrected chi connectivity index (χ3v) is 3.63. The van der Waals surface area contributed by atoms with Crippen LogP contribution < -0.4 is 11.3 Å². The van der Waals surface area contributed by atoms with E-state index in [0.29, 0.717) is 28.4 Å². The van der Waals surface area contributed by atoms with Crippen LogP contribution in [0.5, 0.6) is 0 Å². The summed E-state index contributed by atoms with van der Waals surface area (Å²) in [5.74, 6) is 4.92. The van der Waals surface area contributed by atoms with Crippen LogP contribution in [-0.2, 0) is 12.8 Å². The molecule has 1 unspecified atom stereocenters. The van der Waals surface area contributed by atoms with Crippen LogP contribution in [0.1, 0.15) is 11.1 Å². The highest BCUT2D eigenvalue weighted by molar-refractivity contribution is 9.10. The van der Waals surface area contributed by atoms with E-state index in [2.05, 4.69) is 21.4 Å². The molecule has 0 radical (unpaired) electrons. The molecule has 5 heteroatoms. The Balaban J connectivity index is 2.11. The first-order valence-electron chi connectivity index (χ1n) is 6.23. The van der Waals surface area contributed by atoms with Crippen molar-refractivity contribution in [2.24, 2.45) is 5.84 Å². The molecule has 0 aliphatic heterocycles. The molecule has 1 atom stereocenters. The maximum Gasteiger partial charge on any atom is 0.127 e. The van der Waals surface area contributed by atoms with Crippen molar-refractivity contribution in [3.05, 3.63) is 69.7 Å². The SMILES string of the molecule is NNC(Cc1ccccc1F)Cc1ccc(Br)cc1F. The van der Waals surface area contributed by atoms with Crippen LogP contribution in [0.15, 0.2) is 46.9 Å². The molecule has 0 spiro atoms. The lowest BCUT2D eigenvalue weighted by Gasteiger charge is -2.17. The molecule has 2 aromatic carbocycles. The molecular weight excluding hydrogens is 326 g/mol. The van der Waals surface area contributed by atoms with Crippen molar-refractivity contribution in [1.29, 1.82) is 0 Å². The predicted molar refractivity (Wildman–Crippen MR) is 79.0 cm³/mol.